The van der Waals surface area contributed by atoms with Crippen LogP contribution in [0.5, 0.6) is 0 Å². The number of carbonyl (C=O) groups excluding carboxylic acids is 1. The smallest absolute Gasteiger partial charge is 0.317 e. The van der Waals surface area contributed by atoms with Crippen LogP contribution < -0.4 is 5.84 Å². The van der Waals surface area contributed by atoms with E-state index in [4.69, 9.17) is 5.84 Å². The van der Waals surface area contributed by atoms with Gasteiger partial charge < -0.3 is 5.84 Å². The van der Waals surface area contributed by atoms with E-state index in [1.165, 1.54) is 4.90 Å². The number of hydrazone groups is 1. The minimum atomic E-state index is 0.595. The number of hydrogen-bond acceptors (Lipinski definition) is 4. The van der Waals surface area contributed by atoms with Gasteiger partial charge in [-0.2, -0.15) is 5.10 Å². The van der Waals surface area contributed by atoms with Crippen LogP contribution in [0.15, 0.2) is 5.10 Å². The maximum atomic E-state index is 10.4. The highest BCUT2D eigenvalue weighted by molar-refractivity contribution is 5.92. The second-order valence-corrected chi connectivity index (χ2v) is 2.66. The standard InChI is InChI=1S/C7H13N4O/c1-2-10-3-4-11(6-12)7(5-10)9-8/h2-5,8H2,1H3. The van der Waals surface area contributed by atoms with Gasteiger partial charge in [0.15, 0.2) is 0 Å². The monoisotopic (exact) mass is 169 g/mol. The van der Waals surface area contributed by atoms with Gasteiger partial charge >= 0.3 is 6.41 Å². The van der Waals surface area contributed by atoms with Crippen molar-refractivity contribution in [3.8, 4) is 0 Å². The number of piperazine rings is 1. The molecule has 0 aromatic carbocycles. The zero-order valence-corrected chi connectivity index (χ0v) is 7.16. The summed E-state index contributed by atoms with van der Waals surface area (Å²) in [5.74, 6) is 5.72. The molecule has 1 aliphatic heterocycles. The number of likely N-dealkylation sites (N-methyl/N-ethyl adjacent to an activating group) is 1. The Morgan fingerprint density at radius 2 is 2.42 bits per heavy atom. The predicted molar refractivity (Wildman–Crippen MR) is 46.1 cm³/mol. The van der Waals surface area contributed by atoms with Gasteiger partial charge in [-0.15, -0.1) is 0 Å². The molecule has 0 spiro atoms. The van der Waals surface area contributed by atoms with Gasteiger partial charge in [-0.25, -0.2) is 0 Å². The Hall–Kier alpha value is -1.10. The van der Waals surface area contributed by atoms with Gasteiger partial charge in [-0.1, -0.05) is 6.92 Å². The van der Waals surface area contributed by atoms with E-state index in [1.807, 2.05) is 0 Å². The molecule has 1 radical (unpaired) electrons. The van der Waals surface area contributed by atoms with Crippen LogP contribution in [0.2, 0.25) is 0 Å². The summed E-state index contributed by atoms with van der Waals surface area (Å²) >= 11 is 0. The molecule has 0 bridgehead atoms. The Balaban J connectivity index is 2.59. The van der Waals surface area contributed by atoms with Crippen molar-refractivity contribution < 1.29 is 4.79 Å². The summed E-state index contributed by atoms with van der Waals surface area (Å²) in [6.45, 7) is 5.15. The molecule has 0 aromatic rings. The molecular formula is C7H13N4O. The van der Waals surface area contributed by atoms with Crippen molar-refractivity contribution in [2.75, 3.05) is 26.2 Å². The summed E-state index contributed by atoms with van der Waals surface area (Å²) < 4.78 is 0. The number of amidine groups is 1. The first-order chi connectivity index (χ1) is 5.81. The highest BCUT2D eigenvalue weighted by atomic mass is 16.1. The predicted octanol–water partition coefficient (Wildman–Crippen LogP) is -1.04. The molecule has 2 N–H and O–H groups in total. The fraction of sp³-hybridized carbons (Fsp3) is 0.714. The van der Waals surface area contributed by atoms with Crippen molar-refractivity contribution in [1.82, 2.24) is 9.80 Å². The number of nitrogens with zero attached hydrogens (tertiary/aromatic N) is 3. The maximum Gasteiger partial charge on any atom is 0.317 e. The van der Waals surface area contributed by atoms with Crippen LogP contribution >= 0.6 is 0 Å². The molecule has 0 saturated carbocycles. The normalized spacial score (nSPS) is 23.1. The fourth-order valence-corrected chi connectivity index (χ4v) is 1.21. The molecule has 1 rings (SSSR count). The zero-order chi connectivity index (χ0) is 8.97. The van der Waals surface area contributed by atoms with E-state index in [0.717, 1.165) is 13.1 Å². The van der Waals surface area contributed by atoms with Gasteiger partial charge in [-0.05, 0) is 6.54 Å². The van der Waals surface area contributed by atoms with Gasteiger partial charge in [0.05, 0.1) is 6.54 Å². The molecule has 67 valence electrons. The van der Waals surface area contributed by atoms with Crippen molar-refractivity contribution in [1.29, 1.82) is 0 Å². The molecule has 1 heterocycles. The average molecular weight is 169 g/mol. The molecule has 0 unspecified atom stereocenters. The van der Waals surface area contributed by atoms with Gasteiger partial charge in [-0.3, -0.25) is 14.6 Å². The van der Waals surface area contributed by atoms with Crippen LogP contribution in [-0.2, 0) is 4.79 Å². The van der Waals surface area contributed by atoms with Crippen LogP contribution in [0.1, 0.15) is 6.92 Å². The van der Waals surface area contributed by atoms with Crippen LogP contribution in [-0.4, -0.2) is 48.2 Å². The van der Waals surface area contributed by atoms with Crippen LogP contribution in [0.25, 0.3) is 0 Å². The summed E-state index contributed by atoms with van der Waals surface area (Å²) in [6, 6.07) is 0. The third-order valence-corrected chi connectivity index (χ3v) is 2.02. The summed E-state index contributed by atoms with van der Waals surface area (Å²) in [6.07, 6.45) is 1.80. The molecule has 1 fully saturated rings. The topological polar surface area (TPSA) is 61.9 Å². The second kappa shape index (κ2) is 4.06. The Bertz CT molecular complexity index is 192. The first kappa shape index (κ1) is 8.99. The minimum absolute atomic E-state index is 0.595. The molecule has 0 aromatic heterocycles. The summed E-state index contributed by atoms with van der Waals surface area (Å²) in [5, 5.41) is 3.54. The molecule has 0 atom stereocenters. The lowest BCUT2D eigenvalue weighted by Gasteiger charge is -2.31. The quantitative estimate of drug-likeness (QED) is 0.424. The number of nitrogens with two attached hydrogens (primary N) is 1. The lowest BCUT2D eigenvalue weighted by molar-refractivity contribution is 0.271. The van der Waals surface area contributed by atoms with E-state index in [-0.39, 0.29) is 0 Å². The van der Waals surface area contributed by atoms with E-state index in [1.54, 1.807) is 6.41 Å². The number of amides is 1. The van der Waals surface area contributed by atoms with E-state index < -0.39 is 0 Å². The van der Waals surface area contributed by atoms with Crippen molar-refractivity contribution >= 4 is 12.2 Å². The van der Waals surface area contributed by atoms with Crippen molar-refractivity contribution in [2.45, 2.75) is 6.92 Å². The molecule has 1 saturated heterocycles. The number of hydrogen-bond donors (Lipinski definition) is 1. The molecule has 5 nitrogen and oxygen atoms in total. The maximum absolute atomic E-state index is 10.4. The molecular weight excluding hydrogens is 156 g/mol. The summed E-state index contributed by atoms with van der Waals surface area (Å²) in [7, 11) is 0. The molecule has 0 aliphatic carbocycles. The van der Waals surface area contributed by atoms with E-state index in [0.29, 0.717) is 18.9 Å². The molecule has 1 aliphatic rings. The van der Waals surface area contributed by atoms with E-state index in [2.05, 4.69) is 16.9 Å². The van der Waals surface area contributed by atoms with Crippen LogP contribution in [0.4, 0.5) is 0 Å². The first-order valence-corrected chi connectivity index (χ1v) is 3.96. The highest BCUT2D eigenvalue weighted by Crippen LogP contribution is 2.00. The van der Waals surface area contributed by atoms with Crippen molar-refractivity contribution in [2.24, 2.45) is 10.9 Å². The first-order valence-electron chi connectivity index (χ1n) is 3.96. The van der Waals surface area contributed by atoms with Gasteiger partial charge in [0.25, 0.3) is 0 Å². The molecule has 1 amide bonds. The van der Waals surface area contributed by atoms with Gasteiger partial charge in [0, 0.05) is 13.1 Å². The second-order valence-electron chi connectivity index (χ2n) is 2.66. The Morgan fingerprint density at radius 3 is 2.92 bits per heavy atom. The lowest BCUT2D eigenvalue weighted by atomic mass is 10.3. The summed E-state index contributed by atoms with van der Waals surface area (Å²) in [5.41, 5.74) is 0. The Kier molecular flexibility index (Phi) is 3.04. The minimum Gasteiger partial charge on any atom is -0.322 e. The van der Waals surface area contributed by atoms with E-state index in [9.17, 15) is 4.79 Å². The fourth-order valence-electron chi connectivity index (χ4n) is 1.21. The molecule has 5 heteroatoms. The molecule has 12 heavy (non-hydrogen) atoms. The van der Waals surface area contributed by atoms with Crippen molar-refractivity contribution in [3.05, 3.63) is 0 Å². The van der Waals surface area contributed by atoms with Crippen LogP contribution in [0.3, 0.4) is 0 Å². The Morgan fingerprint density at radius 1 is 1.67 bits per heavy atom. The largest absolute Gasteiger partial charge is 0.322 e. The summed E-state index contributed by atoms with van der Waals surface area (Å²) in [4.78, 5) is 14.0. The van der Waals surface area contributed by atoms with Gasteiger partial charge in [0.1, 0.15) is 5.84 Å². The lowest BCUT2D eigenvalue weighted by Crippen LogP contribution is -2.49. The third-order valence-electron chi connectivity index (χ3n) is 2.02. The highest BCUT2D eigenvalue weighted by Gasteiger charge is 2.20. The average Bonchev–Trinajstić information content (AvgIpc) is 2.16. The SMILES string of the molecule is CCN1CCN([C]=O)C(=NN)C1. The third kappa shape index (κ3) is 1.73. The number of rotatable bonds is 2. The van der Waals surface area contributed by atoms with Crippen LogP contribution in [0, 0.1) is 0 Å². The Labute approximate surface area is 71.8 Å². The zero-order valence-electron chi connectivity index (χ0n) is 7.16. The van der Waals surface area contributed by atoms with Gasteiger partial charge in [0.2, 0.25) is 0 Å². The van der Waals surface area contributed by atoms with Crippen molar-refractivity contribution in [3.63, 3.8) is 0 Å². The van der Waals surface area contributed by atoms with E-state index >= 15 is 0 Å².